The Balaban J connectivity index is 2.85. The minimum atomic E-state index is 0.539. The second-order valence-electron chi connectivity index (χ2n) is 2.18. The zero-order valence-corrected chi connectivity index (χ0v) is 7.07. The van der Waals surface area contributed by atoms with E-state index in [0.29, 0.717) is 13.0 Å². The minimum Gasteiger partial charge on any atom is -0.326 e. The number of nitrogens with two attached hydrogens (primary N) is 1. The molecule has 3 N–H and O–H groups in total. The first-order chi connectivity index (χ1) is 5.27. The van der Waals surface area contributed by atoms with E-state index in [-0.39, 0.29) is 0 Å². The number of hydrogen-bond acceptors (Lipinski definition) is 3. The number of rotatable bonds is 3. The molecule has 1 rings (SSSR count). The molecule has 1 amide bonds. The molecule has 4 heteroatoms. The maximum absolute atomic E-state index is 10.0. The molecular formula is C7H10N2OS. The van der Waals surface area contributed by atoms with Crippen LogP contribution in [0.25, 0.3) is 0 Å². The summed E-state index contributed by atoms with van der Waals surface area (Å²) >= 11 is 1.52. The molecule has 60 valence electrons. The maximum atomic E-state index is 10.0. The van der Waals surface area contributed by atoms with Crippen LogP contribution in [0.4, 0.5) is 5.00 Å². The van der Waals surface area contributed by atoms with Gasteiger partial charge in [0, 0.05) is 11.4 Å². The highest BCUT2D eigenvalue weighted by molar-refractivity contribution is 7.16. The smallest absolute Gasteiger partial charge is 0.212 e. The van der Waals surface area contributed by atoms with Gasteiger partial charge in [-0.25, -0.2) is 0 Å². The number of anilines is 1. The van der Waals surface area contributed by atoms with Crippen molar-refractivity contribution < 1.29 is 4.79 Å². The third-order valence-electron chi connectivity index (χ3n) is 1.41. The van der Waals surface area contributed by atoms with Crippen molar-refractivity contribution in [1.29, 1.82) is 0 Å². The zero-order chi connectivity index (χ0) is 8.27. The lowest BCUT2D eigenvalue weighted by molar-refractivity contribution is -0.105. The topological polar surface area (TPSA) is 55.1 Å². The first-order valence-corrected chi connectivity index (χ1v) is 4.09. The predicted molar refractivity (Wildman–Crippen MR) is 46.6 cm³/mol. The Morgan fingerprint density at radius 1 is 1.82 bits per heavy atom. The molecular weight excluding hydrogens is 160 g/mol. The lowest BCUT2D eigenvalue weighted by atomic mass is 10.3. The Bertz CT molecular complexity index is 257. The SMILES string of the molecule is Cc1cc(NC=O)sc1CN. The molecule has 3 nitrogen and oxygen atoms in total. The molecule has 11 heavy (non-hydrogen) atoms. The molecule has 0 bridgehead atoms. The van der Waals surface area contributed by atoms with Crippen LogP contribution in [0, 0.1) is 6.92 Å². The second-order valence-corrected chi connectivity index (χ2v) is 3.32. The van der Waals surface area contributed by atoms with Crippen LogP contribution in [-0.4, -0.2) is 6.41 Å². The van der Waals surface area contributed by atoms with E-state index in [1.807, 2.05) is 13.0 Å². The molecule has 1 aromatic rings. The van der Waals surface area contributed by atoms with Crippen LogP contribution in [0.15, 0.2) is 6.07 Å². The number of aryl methyl sites for hydroxylation is 1. The van der Waals surface area contributed by atoms with E-state index in [9.17, 15) is 4.79 Å². The number of amides is 1. The molecule has 0 aliphatic carbocycles. The van der Waals surface area contributed by atoms with Gasteiger partial charge >= 0.3 is 0 Å². The fourth-order valence-electron chi connectivity index (χ4n) is 0.852. The minimum absolute atomic E-state index is 0.539. The van der Waals surface area contributed by atoms with Crippen LogP contribution < -0.4 is 11.1 Å². The molecule has 0 fully saturated rings. The van der Waals surface area contributed by atoms with Crippen molar-refractivity contribution in [2.45, 2.75) is 13.5 Å². The van der Waals surface area contributed by atoms with Gasteiger partial charge in [0.15, 0.2) is 0 Å². The molecule has 0 unspecified atom stereocenters. The highest BCUT2D eigenvalue weighted by atomic mass is 32.1. The monoisotopic (exact) mass is 170 g/mol. The van der Waals surface area contributed by atoms with Gasteiger partial charge in [-0.1, -0.05) is 0 Å². The van der Waals surface area contributed by atoms with Crippen molar-refractivity contribution >= 4 is 22.7 Å². The van der Waals surface area contributed by atoms with Crippen molar-refractivity contribution in [2.75, 3.05) is 5.32 Å². The summed E-state index contributed by atoms with van der Waals surface area (Å²) in [5.74, 6) is 0. The van der Waals surface area contributed by atoms with Gasteiger partial charge < -0.3 is 11.1 Å². The molecule has 0 spiro atoms. The van der Waals surface area contributed by atoms with E-state index in [0.717, 1.165) is 15.4 Å². The number of nitrogens with one attached hydrogen (secondary N) is 1. The molecule has 0 radical (unpaired) electrons. The third-order valence-corrected chi connectivity index (χ3v) is 2.60. The first kappa shape index (κ1) is 8.23. The summed E-state index contributed by atoms with van der Waals surface area (Å²) in [6, 6.07) is 1.92. The fraction of sp³-hybridized carbons (Fsp3) is 0.286. The second kappa shape index (κ2) is 3.50. The summed E-state index contributed by atoms with van der Waals surface area (Å²) in [4.78, 5) is 11.2. The highest BCUT2D eigenvalue weighted by Crippen LogP contribution is 2.25. The highest BCUT2D eigenvalue weighted by Gasteiger charge is 2.01. The van der Waals surface area contributed by atoms with Crippen molar-refractivity contribution in [3.63, 3.8) is 0 Å². The first-order valence-electron chi connectivity index (χ1n) is 3.27. The van der Waals surface area contributed by atoms with E-state index in [2.05, 4.69) is 5.32 Å². The Morgan fingerprint density at radius 2 is 2.55 bits per heavy atom. The Morgan fingerprint density at radius 3 is 3.00 bits per heavy atom. The molecule has 0 aliphatic heterocycles. The lowest BCUT2D eigenvalue weighted by Gasteiger charge is -1.88. The van der Waals surface area contributed by atoms with Crippen molar-refractivity contribution in [3.05, 3.63) is 16.5 Å². The summed E-state index contributed by atoms with van der Waals surface area (Å²) in [5, 5.41) is 3.44. The standard InChI is InChI=1S/C7H10N2OS/c1-5-2-7(9-4-10)11-6(5)3-8/h2,4H,3,8H2,1H3,(H,9,10). The lowest BCUT2D eigenvalue weighted by Crippen LogP contribution is -1.93. The van der Waals surface area contributed by atoms with E-state index in [1.54, 1.807) is 0 Å². The predicted octanol–water partition coefficient (Wildman–Crippen LogP) is 1.08. The van der Waals surface area contributed by atoms with Crippen LogP contribution in [0.5, 0.6) is 0 Å². The van der Waals surface area contributed by atoms with Gasteiger partial charge in [-0.3, -0.25) is 4.79 Å². The number of hydrogen-bond donors (Lipinski definition) is 2. The summed E-state index contributed by atoms with van der Waals surface area (Å²) in [6.07, 6.45) is 0.672. The van der Waals surface area contributed by atoms with Gasteiger partial charge in [0.1, 0.15) is 0 Å². The maximum Gasteiger partial charge on any atom is 0.212 e. The summed E-state index contributed by atoms with van der Waals surface area (Å²) in [6.45, 7) is 2.52. The van der Waals surface area contributed by atoms with Gasteiger partial charge in [-0.05, 0) is 18.6 Å². The molecule has 0 aromatic carbocycles. The average molecular weight is 170 g/mol. The largest absolute Gasteiger partial charge is 0.326 e. The van der Waals surface area contributed by atoms with E-state index < -0.39 is 0 Å². The molecule has 1 aromatic heterocycles. The molecule has 0 saturated heterocycles. The van der Waals surface area contributed by atoms with Crippen LogP contribution in [0.1, 0.15) is 10.4 Å². The van der Waals surface area contributed by atoms with Gasteiger partial charge in [0.2, 0.25) is 6.41 Å². The van der Waals surface area contributed by atoms with E-state index in [4.69, 9.17) is 5.73 Å². The van der Waals surface area contributed by atoms with E-state index >= 15 is 0 Å². The molecule has 0 aliphatic rings. The van der Waals surface area contributed by atoms with Gasteiger partial charge in [0.05, 0.1) is 5.00 Å². The van der Waals surface area contributed by atoms with Crippen LogP contribution in [0.3, 0.4) is 0 Å². The average Bonchev–Trinajstić information content (AvgIpc) is 2.32. The number of carbonyl (C=O) groups is 1. The van der Waals surface area contributed by atoms with Crippen molar-refractivity contribution in [2.24, 2.45) is 5.73 Å². The number of thiophene rings is 1. The van der Waals surface area contributed by atoms with Gasteiger partial charge in [-0.2, -0.15) is 0 Å². The Hall–Kier alpha value is -0.870. The van der Waals surface area contributed by atoms with Crippen LogP contribution >= 0.6 is 11.3 Å². The molecule has 1 heterocycles. The van der Waals surface area contributed by atoms with Crippen molar-refractivity contribution in [1.82, 2.24) is 0 Å². The van der Waals surface area contributed by atoms with Gasteiger partial charge in [0.25, 0.3) is 0 Å². The third kappa shape index (κ3) is 1.78. The quantitative estimate of drug-likeness (QED) is 0.667. The fourth-order valence-corrected chi connectivity index (χ4v) is 1.76. The summed E-state index contributed by atoms with van der Waals surface area (Å²) in [5.41, 5.74) is 6.60. The molecule has 0 atom stereocenters. The summed E-state index contributed by atoms with van der Waals surface area (Å²) < 4.78 is 0. The summed E-state index contributed by atoms with van der Waals surface area (Å²) in [7, 11) is 0. The van der Waals surface area contributed by atoms with Crippen LogP contribution in [-0.2, 0) is 11.3 Å². The normalized spacial score (nSPS) is 9.64. The molecule has 0 saturated carbocycles. The zero-order valence-electron chi connectivity index (χ0n) is 6.26. The Labute approximate surface area is 69.2 Å². The number of carbonyl (C=O) groups excluding carboxylic acids is 1. The van der Waals surface area contributed by atoms with Crippen LogP contribution in [0.2, 0.25) is 0 Å². The Kier molecular flexibility index (Phi) is 2.62. The van der Waals surface area contributed by atoms with E-state index in [1.165, 1.54) is 11.3 Å². The van der Waals surface area contributed by atoms with Gasteiger partial charge in [-0.15, -0.1) is 11.3 Å². The van der Waals surface area contributed by atoms with Crippen molar-refractivity contribution in [3.8, 4) is 0 Å².